The van der Waals surface area contributed by atoms with Crippen molar-refractivity contribution in [2.24, 2.45) is 0 Å². The van der Waals surface area contributed by atoms with E-state index in [1.807, 2.05) is 37.3 Å². The number of nitrogens with zero attached hydrogens (tertiary/aromatic N) is 2. The quantitative estimate of drug-likeness (QED) is 0.587. The molecule has 1 aromatic heterocycles. The standard InChI is InChI=1S/C21H22N4O3/c1-4-28-20(26)15-5-7-17(8-6-15)24-21-22-14(2)13-19(25-21)23-16-9-11-18(27-3)12-10-16/h5-13H,4H2,1-3H3,(H2,22,23,24,25). The van der Waals surface area contributed by atoms with Crippen molar-refractivity contribution in [3.8, 4) is 5.75 Å². The fraction of sp³-hybridized carbons (Fsp3) is 0.190. The highest BCUT2D eigenvalue weighted by atomic mass is 16.5. The van der Waals surface area contributed by atoms with Crippen LogP contribution >= 0.6 is 0 Å². The number of anilines is 4. The molecular weight excluding hydrogens is 356 g/mol. The number of carbonyl (C=O) groups is 1. The average molecular weight is 378 g/mol. The molecule has 7 heteroatoms. The Labute approximate surface area is 163 Å². The number of carbonyl (C=O) groups excluding carboxylic acids is 1. The van der Waals surface area contributed by atoms with Crippen molar-refractivity contribution >= 4 is 29.1 Å². The molecule has 28 heavy (non-hydrogen) atoms. The number of nitrogens with one attached hydrogen (secondary N) is 2. The van der Waals surface area contributed by atoms with E-state index in [1.54, 1.807) is 38.3 Å². The van der Waals surface area contributed by atoms with E-state index >= 15 is 0 Å². The smallest absolute Gasteiger partial charge is 0.338 e. The second-order valence-electron chi connectivity index (χ2n) is 5.99. The molecule has 0 saturated heterocycles. The number of hydrogen-bond donors (Lipinski definition) is 2. The Morgan fingerprint density at radius 2 is 1.61 bits per heavy atom. The topological polar surface area (TPSA) is 85.4 Å². The van der Waals surface area contributed by atoms with E-state index in [-0.39, 0.29) is 5.97 Å². The highest BCUT2D eigenvalue weighted by Gasteiger charge is 2.07. The molecule has 0 radical (unpaired) electrons. The molecule has 0 bridgehead atoms. The largest absolute Gasteiger partial charge is 0.497 e. The first kappa shape index (κ1) is 19.2. The highest BCUT2D eigenvalue weighted by Crippen LogP contribution is 2.21. The molecule has 3 rings (SSSR count). The summed E-state index contributed by atoms with van der Waals surface area (Å²) < 4.78 is 10.2. The van der Waals surface area contributed by atoms with Crippen LogP contribution in [-0.2, 0) is 4.74 Å². The minimum absolute atomic E-state index is 0.341. The third kappa shape index (κ3) is 4.97. The van der Waals surface area contributed by atoms with Gasteiger partial charge in [-0.2, -0.15) is 4.98 Å². The molecular formula is C21H22N4O3. The summed E-state index contributed by atoms with van der Waals surface area (Å²) in [6.45, 7) is 4.02. The number of hydrogen-bond acceptors (Lipinski definition) is 7. The van der Waals surface area contributed by atoms with Gasteiger partial charge >= 0.3 is 5.97 Å². The van der Waals surface area contributed by atoms with Gasteiger partial charge < -0.3 is 20.1 Å². The summed E-state index contributed by atoms with van der Waals surface area (Å²) >= 11 is 0. The van der Waals surface area contributed by atoms with E-state index in [0.717, 1.165) is 22.8 Å². The third-order valence-corrected chi connectivity index (χ3v) is 3.87. The maximum absolute atomic E-state index is 11.7. The van der Waals surface area contributed by atoms with Crippen LogP contribution in [0.25, 0.3) is 0 Å². The number of methoxy groups -OCH3 is 1. The van der Waals surface area contributed by atoms with Gasteiger partial charge in [-0.05, 0) is 62.4 Å². The monoisotopic (exact) mass is 378 g/mol. The molecule has 0 aliphatic heterocycles. The molecule has 3 aromatic rings. The molecule has 0 amide bonds. The maximum atomic E-state index is 11.7. The minimum Gasteiger partial charge on any atom is -0.497 e. The zero-order valence-electron chi connectivity index (χ0n) is 16.0. The lowest BCUT2D eigenvalue weighted by molar-refractivity contribution is 0.0526. The van der Waals surface area contributed by atoms with Gasteiger partial charge in [0, 0.05) is 23.1 Å². The normalized spacial score (nSPS) is 10.2. The summed E-state index contributed by atoms with van der Waals surface area (Å²) in [6, 6.07) is 16.4. The summed E-state index contributed by atoms with van der Waals surface area (Å²) in [5.41, 5.74) is 2.98. The fourth-order valence-corrected chi connectivity index (χ4v) is 2.54. The van der Waals surface area contributed by atoms with Crippen LogP contribution in [0.15, 0.2) is 54.6 Å². The number of rotatable bonds is 7. The Morgan fingerprint density at radius 3 is 2.25 bits per heavy atom. The Kier molecular flexibility index (Phi) is 6.06. The van der Waals surface area contributed by atoms with E-state index in [1.165, 1.54) is 0 Å². The average Bonchev–Trinajstić information content (AvgIpc) is 2.69. The Balaban J connectivity index is 1.73. The Hall–Kier alpha value is -3.61. The van der Waals surface area contributed by atoms with Crippen LogP contribution in [0.1, 0.15) is 23.0 Å². The van der Waals surface area contributed by atoms with Crippen molar-refractivity contribution in [1.29, 1.82) is 0 Å². The number of benzene rings is 2. The highest BCUT2D eigenvalue weighted by molar-refractivity contribution is 5.89. The molecule has 2 aromatic carbocycles. The second-order valence-corrected chi connectivity index (χ2v) is 5.99. The summed E-state index contributed by atoms with van der Waals surface area (Å²) in [5.74, 6) is 1.58. The Bertz CT molecular complexity index is 941. The van der Waals surface area contributed by atoms with Gasteiger partial charge in [-0.3, -0.25) is 0 Å². The van der Waals surface area contributed by atoms with Crippen LogP contribution in [0.3, 0.4) is 0 Å². The zero-order chi connectivity index (χ0) is 19.9. The summed E-state index contributed by atoms with van der Waals surface area (Å²) in [5, 5.41) is 6.41. The number of aryl methyl sites for hydroxylation is 1. The van der Waals surface area contributed by atoms with Gasteiger partial charge in [0.05, 0.1) is 19.3 Å². The van der Waals surface area contributed by atoms with Gasteiger partial charge in [0.25, 0.3) is 0 Å². The molecule has 0 unspecified atom stereocenters. The first-order chi connectivity index (χ1) is 13.6. The Morgan fingerprint density at radius 1 is 0.964 bits per heavy atom. The first-order valence-corrected chi connectivity index (χ1v) is 8.88. The van der Waals surface area contributed by atoms with Gasteiger partial charge in [0.15, 0.2) is 0 Å². The van der Waals surface area contributed by atoms with E-state index in [4.69, 9.17) is 9.47 Å². The molecule has 144 valence electrons. The predicted octanol–water partition coefficient (Wildman–Crippen LogP) is 4.46. The van der Waals surface area contributed by atoms with Crippen LogP contribution < -0.4 is 15.4 Å². The molecule has 0 spiro atoms. The van der Waals surface area contributed by atoms with Gasteiger partial charge in [0.2, 0.25) is 5.95 Å². The fourth-order valence-electron chi connectivity index (χ4n) is 2.54. The number of esters is 1. The van der Waals surface area contributed by atoms with Crippen molar-refractivity contribution in [2.75, 3.05) is 24.4 Å². The molecule has 0 atom stereocenters. The number of aromatic nitrogens is 2. The van der Waals surface area contributed by atoms with Crippen molar-refractivity contribution in [3.05, 3.63) is 65.9 Å². The van der Waals surface area contributed by atoms with E-state index in [0.29, 0.717) is 23.9 Å². The van der Waals surface area contributed by atoms with E-state index in [9.17, 15) is 4.79 Å². The van der Waals surface area contributed by atoms with Gasteiger partial charge in [-0.15, -0.1) is 0 Å². The van der Waals surface area contributed by atoms with Crippen molar-refractivity contribution in [2.45, 2.75) is 13.8 Å². The molecule has 0 aliphatic carbocycles. The zero-order valence-corrected chi connectivity index (χ0v) is 16.0. The molecule has 1 heterocycles. The van der Waals surface area contributed by atoms with Crippen LogP contribution in [0.5, 0.6) is 5.75 Å². The molecule has 0 saturated carbocycles. The summed E-state index contributed by atoms with van der Waals surface area (Å²) in [4.78, 5) is 20.6. The second kappa shape index (κ2) is 8.85. The van der Waals surface area contributed by atoms with Crippen molar-refractivity contribution < 1.29 is 14.3 Å². The van der Waals surface area contributed by atoms with Crippen molar-refractivity contribution in [3.63, 3.8) is 0 Å². The van der Waals surface area contributed by atoms with Crippen LogP contribution in [0.4, 0.5) is 23.1 Å². The first-order valence-electron chi connectivity index (χ1n) is 8.88. The van der Waals surface area contributed by atoms with Gasteiger partial charge in [0.1, 0.15) is 11.6 Å². The van der Waals surface area contributed by atoms with Crippen LogP contribution in [0.2, 0.25) is 0 Å². The van der Waals surface area contributed by atoms with Gasteiger partial charge in [-0.25, -0.2) is 9.78 Å². The lowest BCUT2D eigenvalue weighted by atomic mass is 10.2. The number of ether oxygens (including phenoxy) is 2. The minimum atomic E-state index is -0.341. The van der Waals surface area contributed by atoms with Crippen molar-refractivity contribution in [1.82, 2.24) is 9.97 Å². The lowest BCUT2D eigenvalue weighted by Crippen LogP contribution is -2.05. The summed E-state index contributed by atoms with van der Waals surface area (Å²) in [7, 11) is 1.63. The molecule has 0 aliphatic rings. The van der Waals surface area contributed by atoms with E-state index in [2.05, 4.69) is 20.6 Å². The predicted molar refractivity (Wildman–Crippen MR) is 109 cm³/mol. The van der Waals surface area contributed by atoms with Gasteiger partial charge in [-0.1, -0.05) is 0 Å². The molecule has 0 fully saturated rings. The molecule has 7 nitrogen and oxygen atoms in total. The van der Waals surface area contributed by atoms with Crippen LogP contribution in [0, 0.1) is 6.92 Å². The third-order valence-electron chi connectivity index (χ3n) is 3.87. The maximum Gasteiger partial charge on any atom is 0.338 e. The van der Waals surface area contributed by atoms with Crippen LogP contribution in [-0.4, -0.2) is 29.7 Å². The SMILES string of the molecule is CCOC(=O)c1ccc(Nc2nc(C)cc(Nc3ccc(OC)cc3)n2)cc1. The van der Waals surface area contributed by atoms with E-state index < -0.39 is 0 Å². The molecule has 2 N–H and O–H groups in total. The lowest BCUT2D eigenvalue weighted by Gasteiger charge is -2.11. The summed E-state index contributed by atoms with van der Waals surface area (Å²) in [6.07, 6.45) is 0.